The van der Waals surface area contributed by atoms with Gasteiger partial charge in [0, 0.05) is 11.3 Å². The van der Waals surface area contributed by atoms with Crippen LogP contribution in [0.15, 0.2) is 52.3 Å². The summed E-state index contributed by atoms with van der Waals surface area (Å²) in [6.07, 6.45) is 0.215. The molecule has 0 amide bonds. The Bertz CT molecular complexity index is 855. The molecule has 0 aliphatic carbocycles. The Kier molecular flexibility index (Phi) is 5.55. The molecule has 0 bridgehead atoms. The number of nitrogens with zero attached hydrogens (tertiary/aromatic N) is 1. The highest BCUT2D eigenvalue weighted by Gasteiger charge is 2.29. The van der Waals surface area contributed by atoms with Gasteiger partial charge in [0.05, 0.1) is 15.5 Å². The predicted octanol–water partition coefficient (Wildman–Crippen LogP) is 4.04. The second kappa shape index (κ2) is 7.69. The van der Waals surface area contributed by atoms with Gasteiger partial charge in [-0.15, -0.1) is 0 Å². The van der Waals surface area contributed by atoms with Gasteiger partial charge in [0.1, 0.15) is 17.5 Å². The van der Waals surface area contributed by atoms with Gasteiger partial charge in [-0.1, -0.05) is 37.7 Å². The summed E-state index contributed by atoms with van der Waals surface area (Å²) in [4.78, 5) is 13.3. The predicted molar refractivity (Wildman–Crippen MR) is 99.4 cm³/mol. The van der Waals surface area contributed by atoms with Crippen molar-refractivity contribution in [2.45, 2.75) is 36.1 Å². The number of carboxylic acid groups (broad SMARTS) is 1. The van der Waals surface area contributed by atoms with Gasteiger partial charge in [0.15, 0.2) is 0 Å². The smallest absolute Gasteiger partial charge is 0.327 e. The van der Waals surface area contributed by atoms with Gasteiger partial charge in [0.25, 0.3) is 0 Å². The van der Waals surface area contributed by atoms with Gasteiger partial charge in [-0.05, 0) is 42.7 Å². The maximum atomic E-state index is 11.8. The first-order chi connectivity index (χ1) is 12.4. The van der Waals surface area contributed by atoms with Crippen LogP contribution in [0.3, 0.4) is 0 Å². The fraction of sp³-hybridized carbons (Fsp3) is 0.278. The average Bonchev–Trinajstić information content (AvgIpc) is 2.58. The van der Waals surface area contributed by atoms with Crippen LogP contribution in [-0.4, -0.2) is 25.9 Å². The molecule has 1 aliphatic heterocycles. The maximum Gasteiger partial charge on any atom is 0.327 e. The zero-order chi connectivity index (χ0) is 18.8. The van der Waals surface area contributed by atoms with Gasteiger partial charge < -0.3 is 14.4 Å². The lowest BCUT2D eigenvalue weighted by Gasteiger charge is -2.33. The Morgan fingerprint density at radius 3 is 2.58 bits per heavy atom. The Balaban J connectivity index is 1.97. The maximum absolute atomic E-state index is 11.8. The van der Waals surface area contributed by atoms with Crippen LogP contribution in [0.25, 0.3) is 0 Å². The van der Waals surface area contributed by atoms with Crippen LogP contribution in [0.1, 0.15) is 20.3 Å². The molecule has 0 saturated carbocycles. The van der Waals surface area contributed by atoms with E-state index in [-0.39, 0.29) is 12.3 Å². The molecule has 0 aromatic heterocycles. The first-order valence-electron chi connectivity index (χ1n) is 8.07. The summed E-state index contributed by atoms with van der Waals surface area (Å²) < 4.78 is 30.4. The van der Waals surface area contributed by atoms with Crippen LogP contribution in [0.4, 0.5) is 5.69 Å². The third-order valence-electron chi connectivity index (χ3n) is 3.89. The van der Waals surface area contributed by atoms with Crippen LogP contribution in [0.2, 0.25) is 0 Å². The number of anilines is 1. The SMILES string of the molecule is CC(C)CC(C(=O)O)N(c1ccc2c(c1)Sc1ccccc1O2)S(=O)[O-]. The van der Waals surface area contributed by atoms with Crippen molar-refractivity contribution in [2.75, 3.05) is 4.31 Å². The van der Waals surface area contributed by atoms with Crippen LogP contribution < -0.4 is 9.04 Å². The molecule has 6 nitrogen and oxygen atoms in total. The third kappa shape index (κ3) is 3.87. The molecular formula is C18H18NO5S2-. The highest BCUT2D eigenvalue weighted by Crippen LogP contribution is 2.48. The van der Waals surface area contributed by atoms with Crippen molar-refractivity contribution in [3.63, 3.8) is 0 Å². The van der Waals surface area contributed by atoms with Crippen LogP contribution >= 0.6 is 11.8 Å². The van der Waals surface area contributed by atoms with Gasteiger partial charge in [-0.3, -0.25) is 8.51 Å². The fourth-order valence-corrected chi connectivity index (χ4v) is 4.42. The lowest BCUT2D eigenvalue weighted by atomic mass is 10.0. The van der Waals surface area contributed by atoms with Crippen molar-refractivity contribution in [3.05, 3.63) is 42.5 Å². The molecule has 2 atom stereocenters. The van der Waals surface area contributed by atoms with Crippen molar-refractivity contribution < 1.29 is 23.4 Å². The van der Waals surface area contributed by atoms with Gasteiger partial charge in [0.2, 0.25) is 0 Å². The quantitative estimate of drug-likeness (QED) is 0.637. The first kappa shape index (κ1) is 18.8. The third-order valence-corrected chi connectivity index (χ3v) is 5.78. The van der Waals surface area contributed by atoms with E-state index in [1.54, 1.807) is 18.2 Å². The minimum atomic E-state index is -2.71. The van der Waals surface area contributed by atoms with Gasteiger partial charge in [-0.2, -0.15) is 0 Å². The number of carbonyl (C=O) groups is 1. The number of hydrogen-bond donors (Lipinski definition) is 1. The molecule has 2 aromatic rings. The van der Waals surface area contributed by atoms with Crippen LogP contribution in [-0.2, 0) is 16.1 Å². The summed E-state index contributed by atoms with van der Waals surface area (Å²) in [5, 5.41) is 9.53. The van der Waals surface area contributed by atoms with E-state index in [9.17, 15) is 18.7 Å². The Labute approximate surface area is 158 Å². The number of rotatable bonds is 6. The lowest BCUT2D eigenvalue weighted by molar-refractivity contribution is -0.138. The largest absolute Gasteiger partial charge is 0.755 e. The topological polar surface area (TPSA) is 89.9 Å². The summed E-state index contributed by atoms with van der Waals surface area (Å²) in [6.45, 7) is 3.71. The Morgan fingerprint density at radius 2 is 1.92 bits per heavy atom. The molecular weight excluding hydrogens is 374 g/mol. The van der Waals surface area contributed by atoms with E-state index in [1.165, 1.54) is 11.8 Å². The highest BCUT2D eigenvalue weighted by atomic mass is 32.2. The summed E-state index contributed by atoms with van der Waals surface area (Å²) in [6, 6.07) is 11.3. The Hall–Kier alpha value is -2.03. The monoisotopic (exact) mass is 392 g/mol. The number of carboxylic acids is 1. The number of fused-ring (bicyclic) bond motifs is 2. The van der Waals surface area contributed by atoms with Crippen LogP contribution in [0.5, 0.6) is 11.5 Å². The van der Waals surface area contributed by atoms with Crippen molar-refractivity contribution >= 4 is 34.7 Å². The van der Waals surface area contributed by atoms with E-state index in [1.807, 2.05) is 38.1 Å². The molecule has 0 saturated heterocycles. The van der Waals surface area contributed by atoms with E-state index < -0.39 is 23.3 Å². The zero-order valence-corrected chi connectivity index (χ0v) is 15.9. The van der Waals surface area contributed by atoms with Crippen molar-refractivity contribution in [2.24, 2.45) is 5.92 Å². The van der Waals surface area contributed by atoms with Gasteiger partial charge in [-0.25, -0.2) is 4.79 Å². The summed E-state index contributed by atoms with van der Waals surface area (Å²) in [7, 11) is 0. The molecule has 0 spiro atoms. The molecule has 2 aromatic carbocycles. The zero-order valence-electron chi connectivity index (χ0n) is 14.2. The second-order valence-electron chi connectivity index (χ2n) is 6.31. The van der Waals surface area contributed by atoms with E-state index >= 15 is 0 Å². The van der Waals surface area contributed by atoms with Crippen molar-refractivity contribution in [3.8, 4) is 11.5 Å². The van der Waals surface area contributed by atoms with E-state index in [4.69, 9.17) is 4.74 Å². The lowest BCUT2D eigenvalue weighted by Crippen LogP contribution is -2.43. The molecule has 0 fully saturated rings. The number of para-hydroxylation sites is 1. The van der Waals surface area contributed by atoms with Crippen LogP contribution in [0, 0.1) is 5.92 Å². The standard InChI is InChI=1S/C18H19NO5S2/c1-11(2)9-13(18(20)21)19(26(22)23)12-7-8-15-17(10-12)25-16-6-4-3-5-14(16)24-15/h3-8,10-11,13H,9H2,1-2H3,(H,20,21)(H,22,23)/p-1. The molecule has 1 heterocycles. The molecule has 0 radical (unpaired) electrons. The van der Waals surface area contributed by atoms with Crippen molar-refractivity contribution in [1.82, 2.24) is 0 Å². The molecule has 1 aliphatic rings. The van der Waals surface area contributed by atoms with Crippen molar-refractivity contribution in [1.29, 1.82) is 0 Å². The normalized spacial score (nSPS) is 14.8. The molecule has 2 unspecified atom stereocenters. The van der Waals surface area contributed by atoms with E-state index in [2.05, 4.69) is 0 Å². The highest BCUT2D eigenvalue weighted by molar-refractivity contribution is 7.99. The molecule has 1 N–H and O–H groups in total. The number of hydrogen-bond acceptors (Lipinski definition) is 5. The van der Waals surface area contributed by atoms with Gasteiger partial charge >= 0.3 is 5.97 Å². The average molecular weight is 392 g/mol. The molecule has 26 heavy (non-hydrogen) atoms. The van der Waals surface area contributed by atoms with E-state index in [0.717, 1.165) is 19.8 Å². The Morgan fingerprint density at radius 1 is 1.23 bits per heavy atom. The molecule has 3 rings (SSSR count). The second-order valence-corrected chi connectivity index (χ2v) is 8.22. The fourth-order valence-electron chi connectivity index (χ4n) is 2.77. The number of benzene rings is 2. The summed E-state index contributed by atoms with van der Waals surface area (Å²) in [5.41, 5.74) is 0.306. The summed E-state index contributed by atoms with van der Waals surface area (Å²) in [5.74, 6) is 0.217. The van der Waals surface area contributed by atoms with E-state index in [0.29, 0.717) is 11.4 Å². The first-order valence-corrected chi connectivity index (χ1v) is 9.92. The minimum absolute atomic E-state index is 0.0318. The molecule has 8 heteroatoms. The minimum Gasteiger partial charge on any atom is -0.755 e. The summed E-state index contributed by atoms with van der Waals surface area (Å²) >= 11 is -1.26. The number of ether oxygens (including phenoxy) is 1. The number of aliphatic carboxylic acids is 1. The molecule has 138 valence electrons.